The van der Waals surface area contributed by atoms with Gasteiger partial charge in [0.25, 0.3) is 0 Å². The molecular formula is C18H16N2O. The third kappa shape index (κ3) is 4.69. The van der Waals surface area contributed by atoms with Crippen molar-refractivity contribution in [3.63, 3.8) is 0 Å². The number of ether oxygens (including phenoxy) is 1. The summed E-state index contributed by atoms with van der Waals surface area (Å²) in [6.45, 7) is 0.839. The molecule has 3 heteroatoms. The lowest BCUT2D eigenvalue weighted by Crippen LogP contribution is -1.96. The molecule has 2 aromatic carbocycles. The van der Waals surface area contributed by atoms with Gasteiger partial charge in [-0.1, -0.05) is 36.1 Å². The predicted octanol–water partition coefficient (Wildman–Crippen LogP) is 2.64. The lowest BCUT2D eigenvalue weighted by Gasteiger charge is -2.07. The van der Waals surface area contributed by atoms with E-state index in [2.05, 4.69) is 17.9 Å². The van der Waals surface area contributed by atoms with Crippen molar-refractivity contribution in [2.45, 2.75) is 13.0 Å². The fraction of sp³-hybridized carbons (Fsp3) is 0.167. The molecule has 0 aliphatic heterocycles. The van der Waals surface area contributed by atoms with Gasteiger partial charge in [0.15, 0.2) is 0 Å². The van der Waals surface area contributed by atoms with Crippen LogP contribution in [-0.2, 0) is 13.0 Å². The van der Waals surface area contributed by atoms with Crippen molar-refractivity contribution in [3.8, 4) is 23.7 Å². The number of nitrogens with two attached hydrogens (primary N) is 1. The normalized spacial score (nSPS) is 9.33. The van der Waals surface area contributed by atoms with Crippen LogP contribution in [0.3, 0.4) is 0 Å². The van der Waals surface area contributed by atoms with E-state index < -0.39 is 0 Å². The Morgan fingerprint density at radius 2 is 1.86 bits per heavy atom. The maximum absolute atomic E-state index is 8.63. The van der Waals surface area contributed by atoms with E-state index in [-0.39, 0.29) is 0 Å². The minimum Gasteiger partial charge on any atom is -0.489 e. The van der Waals surface area contributed by atoms with E-state index in [9.17, 15) is 0 Å². The summed E-state index contributed by atoms with van der Waals surface area (Å²) in [7, 11) is 0. The largest absolute Gasteiger partial charge is 0.489 e. The van der Waals surface area contributed by atoms with Crippen LogP contribution >= 0.6 is 0 Å². The first-order valence-electron chi connectivity index (χ1n) is 6.68. The van der Waals surface area contributed by atoms with Crippen LogP contribution < -0.4 is 10.5 Å². The van der Waals surface area contributed by atoms with Crippen LogP contribution in [0.25, 0.3) is 0 Å². The molecule has 0 atom stereocenters. The molecule has 0 spiro atoms. The molecule has 0 heterocycles. The summed E-state index contributed by atoms with van der Waals surface area (Å²) < 4.78 is 5.73. The van der Waals surface area contributed by atoms with E-state index >= 15 is 0 Å². The first-order chi connectivity index (χ1) is 10.3. The Balaban J connectivity index is 1.98. The smallest absolute Gasteiger partial charge is 0.119 e. The Morgan fingerprint density at radius 3 is 2.57 bits per heavy atom. The highest BCUT2D eigenvalue weighted by Gasteiger charge is 1.98. The molecule has 0 aliphatic carbocycles. The van der Waals surface area contributed by atoms with E-state index in [1.807, 2.05) is 48.5 Å². The highest BCUT2D eigenvalue weighted by Crippen LogP contribution is 2.15. The number of nitrogens with zero attached hydrogens (tertiary/aromatic N) is 1. The molecule has 0 radical (unpaired) electrons. The summed E-state index contributed by atoms with van der Waals surface area (Å²) >= 11 is 0. The van der Waals surface area contributed by atoms with E-state index in [0.29, 0.717) is 19.6 Å². The molecule has 0 aromatic heterocycles. The Bertz CT molecular complexity index is 688. The Morgan fingerprint density at radius 1 is 1.05 bits per heavy atom. The van der Waals surface area contributed by atoms with Gasteiger partial charge in [-0.15, -0.1) is 0 Å². The van der Waals surface area contributed by atoms with E-state index in [0.717, 1.165) is 22.4 Å². The maximum atomic E-state index is 8.63. The van der Waals surface area contributed by atoms with Crippen LogP contribution in [0.4, 0.5) is 0 Å². The molecule has 2 N–H and O–H groups in total. The molecule has 0 unspecified atom stereocenters. The zero-order chi connectivity index (χ0) is 14.9. The van der Waals surface area contributed by atoms with Gasteiger partial charge in [0.1, 0.15) is 12.4 Å². The lowest BCUT2D eigenvalue weighted by atomic mass is 10.1. The third-order valence-corrected chi connectivity index (χ3v) is 2.87. The van der Waals surface area contributed by atoms with Crippen molar-refractivity contribution in [1.29, 1.82) is 5.26 Å². The van der Waals surface area contributed by atoms with Crippen molar-refractivity contribution in [2.24, 2.45) is 5.73 Å². The van der Waals surface area contributed by atoms with Crippen LogP contribution in [0.2, 0.25) is 0 Å². The second-order valence-electron chi connectivity index (χ2n) is 4.47. The predicted molar refractivity (Wildman–Crippen MR) is 82.5 cm³/mol. The van der Waals surface area contributed by atoms with E-state index in [1.165, 1.54) is 0 Å². The van der Waals surface area contributed by atoms with Crippen LogP contribution in [-0.4, -0.2) is 6.54 Å². The van der Waals surface area contributed by atoms with Crippen LogP contribution in [0, 0.1) is 23.2 Å². The number of hydrogen-bond donors (Lipinski definition) is 1. The van der Waals surface area contributed by atoms with Crippen molar-refractivity contribution in [1.82, 2.24) is 0 Å². The molecule has 0 saturated carbocycles. The molecule has 104 valence electrons. The minimum absolute atomic E-state index is 0.357. The number of hydrogen-bond acceptors (Lipinski definition) is 3. The van der Waals surface area contributed by atoms with Crippen molar-refractivity contribution in [2.75, 3.05) is 6.54 Å². The second-order valence-corrected chi connectivity index (χ2v) is 4.47. The van der Waals surface area contributed by atoms with E-state index in [1.54, 1.807) is 0 Å². The molecule has 0 bridgehead atoms. The van der Waals surface area contributed by atoms with Gasteiger partial charge in [-0.05, 0) is 35.4 Å². The zero-order valence-electron chi connectivity index (χ0n) is 11.7. The average Bonchev–Trinajstić information content (AvgIpc) is 2.53. The Kier molecular flexibility index (Phi) is 5.41. The molecule has 21 heavy (non-hydrogen) atoms. The first-order valence-corrected chi connectivity index (χ1v) is 6.68. The highest BCUT2D eigenvalue weighted by molar-refractivity contribution is 5.37. The van der Waals surface area contributed by atoms with Gasteiger partial charge in [-0.25, -0.2) is 0 Å². The number of nitriles is 1. The topological polar surface area (TPSA) is 59.0 Å². The summed E-state index contributed by atoms with van der Waals surface area (Å²) in [4.78, 5) is 0. The average molecular weight is 276 g/mol. The Hall–Kier alpha value is -2.75. The number of benzene rings is 2. The van der Waals surface area contributed by atoms with Gasteiger partial charge in [0, 0.05) is 5.56 Å². The summed E-state index contributed by atoms with van der Waals surface area (Å²) in [6.07, 6.45) is 0.419. The summed E-state index contributed by atoms with van der Waals surface area (Å²) in [5, 5.41) is 8.63. The fourth-order valence-corrected chi connectivity index (χ4v) is 1.85. The van der Waals surface area contributed by atoms with Gasteiger partial charge in [-0.3, -0.25) is 0 Å². The highest BCUT2D eigenvalue weighted by atomic mass is 16.5. The fourth-order valence-electron chi connectivity index (χ4n) is 1.85. The van der Waals surface area contributed by atoms with Gasteiger partial charge < -0.3 is 10.5 Å². The Labute approximate surface area is 125 Å². The van der Waals surface area contributed by atoms with Crippen molar-refractivity contribution < 1.29 is 4.74 Å². The molecule has 2 aromatic rings. The molecule has 0 amide bonds. The molecular weight excluding hydrogens is 260 g/mol. The summed E-state index contributed by atoms with van der Waals surface area (Å²) in [6, 6.07) is 17.6. The molecule has 3 nitrogen and oxygen atoms in total. The second kappa shape index (κ2) is 7.75. The standard InChI is InChI=1S/C18H16N2O/c19-11-2-5-16-3-1-4-17(13-16)14-21-18-8-6-15(7-9-18)10-12-20/h1,3-4,6-9,13H,10-11,14,19H2. The van der Waals surface area contributed by atoms with Gasteiger partial charge >= 0.3 is 0 Å². The first kappa shape index (κ1) is 14.7. The molecule has 0 aliphatic rings. The SMILES string of the molecule is N#CCc1ccc(OCc2cccc(C#CCN)c2)cc1. The molecule has 2 rings (SSSR count). The monoisotopic (exact) mass is 276 g/mol. The van der Waals surface area contributed by atoms with E-state index in [4.69, 9.17) is 15.7 Å². The summed E-state index contributed by atoms with van der Waals surface area (Å²) in [5.41, 5.74) is 8.35. The van der Waals surface area contributed by atoms with Crippen molar-refractivity contribution in [3.05, 3.63) is 65.2 Å². The maximum Gasteiger partial charge on any atom is 0.119 e. The van der Waals surface area contributed by atoms with Gasteiger partial charge in [0.05, 0.1) is 19.0 Å². The molecule has 0 saturated heterocycles. The van der Waals surface area contributed by atoms with Gasteiger partial charge in [0.2, 0.25) is 0 Å². The zero-order valence-corrected chi connectivity index (χ0v) is 11.7. The lowest BCUT2D eigenvalue weighted by molar-refractivity contribution is 0.306. The minimum atomic E-state index is 0.357. The van der Waals surface area contributed by atoms with Crippen LogP contribution in [0.15, 0.2) is 48.5 Å². The molecule has 0 fully saturated rings. The van der Waals surface area contributed by atoms with Gasteiger partial charge in [-0.2, -0.15) is 5.26 Å². The number of rotatable bonds is 4. The third-order valence-electron chi connectivity index (χ3n) is 2.87. The quantitative estimate of drug-likeness (QED) is 0.873. The summed E-state index contributed by atoms with van der Waals surface area (Å²) in [5.74, 6) is 6.62. The van der Waals surface area contributed by atoms with Crippen molar-refractivity contribution >= 4 is 0 Å². The van der Waals surface area contributed by atoms with Crippen LogP contribution in [0.5, 0.6) is 5.75 Å². The van der Waals surface area contributed by atoms with Crippen LogP contribution in [0.1, 0.15) is 16.7 Å².